The molecule has 0 aliphatic heterocycles. The van der Waals surface area contributed by atoms with Gasteiger partial charge in [-0.25, -0.2) is 0 Å². The number of tetrazole rings is 1. The Bertz CT molecular complexity index is 914. The zero-order chi connectivity index (χ0) is 18.7. The van der Waals surface area contributed by atoms with Gasteiger partial charge in [0.2, 0.25) is 0 Å². The standard InChI is InChI=1S/C15H9ClF3N5O2/c16-9-1-6-13(24-8-20-22-23-24)12(7-9)14(25)21-10-2-4-11(5-3-10)26-15(17,18)19/h1-8H,(H,21,25). The van der Waals surface area contributed by atoms with Crippen LogP contribution in [0.15, 0.2) is 48.8 Å². The third-order valence-electron chi connectivity index (χ3n) is 3.14. The van der Waals surface area contributed by atoms with Gasteiger partial charge in [0.15, 0.2) is 0 Å². The van der Waals surface area contributed by atoms with Crippen LogP contribution in [0.1, 0.15) is 10.4 Å². The van der Waals surface area contributed by atoms with E-state index in [-0.39, 0.29) is 11.3 Å². The van der Waals surface area contributed by atoms with E-state index < -0.39 is 18.0 Å². The number of hydrogen-bond acceptors (Lipinski definition) is 5. The van der Waals surface area contributed by atoms with Crippen molar-refractivity contribution in [2.75, 3.05) is 5.32 Å². The number of carbonyl (C=O) groups is 1. The van der Waals surface area contributed by atoms with Crippen molar-refractivity contribution in [2.24, 2.45) is 0 Å². The minimum absolute atomic E-state index is 0.181. The van der Waals surface area contributed by atoms with Gasteiger partial charge in [-0.15, -0.1) is 18.3 Å². The molecule has 0 aliphatic rings. The highest BCUT2D eigenvalue weighted by molar-refractivity contribution is 6.31. The molecule has 3 rings (SSSR count). The highest BCUT2D eigenvalue weighted by atomic mass is 35.5. The van der Waals surface area contributed by atoms with Crippen molar-refractivity contribution in [3.05, 3.63) is 59.4 Å². The first kappa shape index (κ1) is 17.7. The average molecular weight is 384 g/mol. The molecule has 1 aromatic heterocycles. The third-order valence-corrected chi connectivity index (χ3v) is 3.38. The molecule has 1 heterocycles. The second-order valence-corrected chi connectivity index (χ2v) is 5.38. The maximum absolute atomic E-state index is 12.5. The number of benzene rings is 2. The van der Waals surface area contributed by atoms with E-state index in [1.54, 1.807) is 12.1 Å². The number of nitrogens with zero attached hydrogens (tertiary/aromatic N) is 4. The highest BCUT2D eigenvalue weighted by Crippen LogP contribution is 2.25. The van der Waals surface area contributed by atoms with Gasteiger partial charge in [-0.1, -0.05) is 11.6 Å². The normalized spacial score (nSPS) is 11.2. The second-order valence-electron chi connectivity index (χ2n) is 4.94. The second kappa shape index (κ2) is 7.00. The van der Waals surface area contributed by atoms with Gasteiger partial charge in [-0.3, -0.25) is 4.79 Å². The van der Waals surface area contributed by atoms with Gasteiger partial charge < -0.3 is 10.1 Å². The molecule has 11 heteroatoms. The maximum atomic E-state index is 12.5. The van der Waals surface area contributed by atoms with E-state index in [0.717, 1.165) is 12.1 Å². The van der Waals surface area contributed by atoms with E-state index in [2.05, 4.69) is 25.6 Å². The molecule has 0 unspecified atom stereocenters. The van der Waals surface area contributed by atoms with Gasteiger partial charge in [-0.05, 0) is 52.9 Å². The molecule has 0 saturated carbocycles. The summed E-state index contributed by atoms with van der Waals surface area (Å²) in [4.78, 5) is 12.5. The molecule has 0 saturated heterocycles. The molecule has 0 aliphatic carbocycles. The summed E-state index contributed by atoms with van der Waals surface area (Å²) in [5.74, 6) is -0.935. The summed E-state index contributed by atoms with van der Waals surface area (Å²) >= 11 is 5.94. The van der Waals surface area contributed by atoms with Gasteiger partial charge in [-0.2, -0.15) is 4.68 Å². The van der Waals surface area contributed by atoms with Crippen molar-refractivity contribution < 1.29 is 22.7 Å². The fourth-order valence-electron chi connectivity index (χ4n) is 2.10. The monoisotopic (exact) mass is 383 g/mol. The minimum atomic E-state index is -4.79. The topological polar surface area (TPSA) is 81.9 Å². The Balaban J connectivity index is 1.81. The Morgan fingerprint density at radius 2 is 1.88 bits per heavy atom. The first-order valence-electron chi connectivity index (χ1n) is 7.02. The number of anilines is 1. The Hall–Kier alpha value is -3.14. The highest BCUT2D eigenvalue weighted by Gasteiger charge is 2.31. The summed E-state index contributed by atoms with van der Waals surface area (Å²) in [6.07, 6.45) is -3.48. The van der Waals surface area contributed by atoms with Gasteiger partial charge in [0.1, 0.15) is 12.1 Å². The molecular formula is C15H9ClF3N5O2. The number of halogens is 4. The van der Waals surface area contributed by atoms with Crippen molar-refractivity contribution >= 4 is 23.2 Å². The Morgan fingerprint density at radius 3 is 2.50 bits per heavy atom. The Labute approximate surface area is 149 Å². The molecule has 0 radical (unpaired) electrons. The van der Waals surface area contributed by atoms with Crippen LogP contribution >= 0.6 is 11.6 Å². The molecule has 0 atom stereocenters. The van der Waals surface area contributed by atoms with E-state index >= 15 is 0 Å². The minimum Gasteiger partial charge on any atom is -0.406 e. The number of carbonyl (C=O) groups excluding carboxylic acids is 1. The van der Waals surface area contributed by atoms with E-state index in [0.29, 0.717) is 10.7 Å². The zero-order valence-electron chi connectivity index (χ0n) is 12.7. The fourth-order valence-corrected chi connectivity index (χ4v) is 2.27. The number of amides is 1. The van der Waals surface area contributed by atoms with Crippen LogP contribution in [-0.2, 0) is 0 Å². The molecule has 7 nitrogen and oxygen atoms in total. The summed E-state index contributed by atoms with van der Waals surface area (Å²) in [5.41, 5.74) is 0.835. The van der Waals surface area contributed by atoms with Crippen molar-refractivity contribution in [3.63, 3.8) is 0 Å². The summed E-state index contributed by atoms with van der Waals surface area (Å²) in [6, 6.07) is 9.29. The van der Waals surface area contributed by atoms with Gasteiger partial charge in [0.05, 0.1) is 11.3 Å². The molecule has 0 fully saturated rings. The summed E-state index contributed by atoms with van der Waals surface area (Å²) in [5, 5.41) is 13.6. The lowest BCUT2D eigenvalue weighted by Crippen LogP contribution is -2.17. The molecule has 134 valence electrons. The molecule has 0 spiro atoms. The SMILES string of the molecule is O=C(Nc1ccc(OC(F)(F)F)cc1)c1cc(Cl)ccc1-n1cnnn1. The summed E-state index contributed by atoms with van der Waals surface area (Å²) in [6.45, 7) is 0. The molecule has 1 N–H and O–H groups in total. The Morgan fingerprint density at radius 1 is 1.15 bits per heavy atom. The largest absolute Gasteiger partial charge is 0.573 e. The van der Waals surface area contributed by atoms with Crippen LogP contribution in [0.5, 0.6) is 5.75 Å². The quantitative estimate of drug-likeness (QED) is 0.746. The predicted octanol–water partition coefficient (Wildman–Crippen LogP) is 3.47. The summed E-state index contributed by atoms with van der Waals surface area (Å²) < 4.78 is 41.6. The van der Waals surface area contributed by atoms with Crippen LogP contribution in [0.4, 0.5) is 18.9 Å². The van der Waals surface area contributed by atoms with Crippen molar-refractivity contribution in [1.82, 2.24) is 20.2 Å². The molecule has 3 aromatic rings. The first-order chi connectivity index (χ1) is 12.3. The van der Waals surface area contributed by atoms with Gasteiger partial charge in [0, 0.05) is 10.7 Å². The molecule has 0 bridgehead atoms. The van der Waals surface area contributed by atoms with Gasteiger partial charge in [0.25, 0.3) is 5.91 Å². The van der Waals surface area contributed by atoms with Crippen LogP contribution in [-0.4, -0.2) is 32.5 Å². The number of alkyl halides is 3. The molecule has 26 heavy (non-hydrogen) atoms. The van der Waals surface area contributed by atoms with Crippen molar-refractivity contribution in [1.29, 1.82) is 0 Å². The van der Waals surface area contributed by atoms with E-state index in [4.69, 9.17) is 11.6 Å². The average Bonchev–Trinajstić information content (AvgIpc) is 3.09. The van der Waals surface area contributed by atoms with E-state index in [9.17, 15) is 18.0 Å². The van der Waals surface area contributed by atoms with Crippen LogP contribution in [0.25, 0.3) is 5.69 Å². The zero-order valence-corrected chi connectivity index (χ0v) is 13.5. The van der Waals surface area contributed by atoms with E-state index in [1.807, 2.05) is 0 Å². The number of ether oxygens (including phenoxy) is 1. The van der Waals surface area contributed by atoms with Gasteiger partial charge >= 0.3 is 6.36 Å². The lowest BCUT2D eigenvalue weighted by Gasteiger charge is -2.11. The van der Waals surface area contributed by atoms with Crippen LogP contribution in [0, 0.1) is 0 Å². The lowest BCUT2D eigenvalue weighted by molar-refractivity contribution is -0.274. The summed E-state index contributed by atoms with van der Waals surface area (Å²) in [7, 11) is 0. The Kier molecular flexibility index (Phi) is 4.76. The van der Waals surface area contributed by atoms with Crippen LogP contribution in [0.3, 0.4) is 0 Å². The van der Waals surface area contributed by atoms with E-state index in [1.165, 1.54) is 29.2 Å². The fraction of sp³-hybridized carbons (Fsp3) is 0.0667. The molecule has 1 amide bonds. The number of aromatic nitrogens is 4. The molecule has 2 aromatic carbocycles. The number of hydrogen-bond donors (Lipinski definition) is 1. The smallest absolute Gasteiger partial charge is 0.406 e. The lowest BCUT2D eigenvalue weighted by atomic mass is 10.1. The molecular weight excluding hydrogens is 375 g/mol. The third kappa shape index (κ3) is 4.28. The number of rotatable bonds is 4. The van der Waals surface area contributed by atoms with Crippen molar-refractivity contribution in [3.8, 4) is 11.4 Å². The van der Waals surface area contributed by atoms with Crippen LogP contribution in [0.2, 0.25) is 5.02 Å². The maximum Gasteiger partial charge on any atom is 0.573 e. The van der Waals surface area contributed by atoms with Crippen molar-refractivity contribution in [2.45, 2.75) is 6.36 Å². The first-order valence-corrected chi connectivity index (χ1v) is 7.40. The number of nitrogens with one attached hydrogen (secondary N) is 1. The predicted molar refractivity (Wildman–Crippen MR) is 85.2 cm³/mol. The van der Waals surface area contributed by atoms with Crippen LogP contribution < -0.4 is 10.1 Å².